The van der Waals surface area contributed by atoms with Gasteiger partial charge in [-0.3, -0.25) is 4.79 Å². The van der Waals surface area contributed by atoms with Crippen LogP contribution in [0.1, 0.15) is 30.6 Å². The molecule has 1 N–H and O–H groups in total. The van der Waals surface area contributed by atoms with Gasteiger partial charge in [-0.05, 0) is 61.9 Å². The Morgan fingerprint density at radius 1 is 1.14 bits per heavy atom. The number of carbonyl (C=O) groups excluding carboxylic acids is 1. The van der Waals surface area contributed by atoms with E-state index in [0.717, 1.165) is 12.2 Å². The summed E-state index contributed by atoms with van der Waals surface area (Å²) in [5, 5.41) is 2.71. The van der Waals surface area contributed by atoms with Gasteiger partial charge in [0.25, 0.3) is 5.91 Å². The molecule has 2 aromatic rings. The molecular formula is C17H18FNO2. The molecule has 0 aliphatic carbocycles. The van der Waals surface area contributed by atoms with Gasteiger partial charge in [-0.25, -0.2) is 4.39 Å². The lowest BCUT2D eigenvalue weighted by Crippen LogP contribution is -2.12. The van der Waals surface area contributed by atoms with Crippen LogP contribution in [0.4, 0.5) is 10.1 Å². The summed E-state index contributed by atoms with van der Waals surface area (Å²) in [4.78, 5) is 12.0. The van der Waals surface area contributed by atoms with Gasteiger partial charge in [-0.1, -0.05) is 6.92 Å². The molecule has 0 fully saturated rings. The van der Waals surface area contributed by atoms with Crippen LogP contribution in [0.25, 0.3) is 0 Å². The van der Waals surface area contributed by atoms with Crippen LogP contribution in [0.5, 0.6) is 5.75 Å². The summed E-state index contributed by atoms with van der Waals surface area (Å²) >= 11 is 0. The van der Waals surface area contributed by atoms with Crippen molar-refractivity contribution in [2.45, 2.75) is 26.4 Å². The molecule has 1 amide bonds. The van der Waals surface area contributed by atoms with E-state index in [1.54, 1.807) is 24.3 Å². The molecular weight excluding hydrogens is 269 g/mol. The van der Waals surface area contributed by atoms with Crippen LogP contribution in [0.3, 0.4) is 0 Å². The number of anilines is 1. The summed E-state index contributed by atoms with van der Waals surface area (Å²) in [5.74, 6) is 0.166. The highest BCUT2D eigenvalue weighted by Crippen LogP contribution is 2.16. The predicted molar refractivity (Wildman–Crippen MR) is 81.2 cm³/mol. The SMILES string of the molecule is CCC(C)Oc1ccc(C(=O)Nc2ccc(F)cc2)cc1. The molecule has 0 radical (unpaired) electrons. The molecule has 110 valence electrons. The van der Waals surface area contributed by atoms with Crippen LogP contribution in [0.15, 0.2) is 48.5 Å². The fraction of sp³-hybridized carbons (Fsp3) is 0.235. The minimum absolute atomic E-state index is 0.142. The van der Waals surface area contributed by atoms with Crippen LogP contribution >= 0.6 is 0 Å². The van der Waals surface area contributed by atoms with Crippen molar-refractivity contribution in [3.05, 3.63) is 59.9 Å². The van der Waals surface area contributed by atoms with Crippen molar-refractivity contribution in [3.8, 4) is 5.75 Å². The maximum atomic E-state index is 12.8. The second kappa shape index (κ2) is 6.88. The van der Waals surface area contributed by atoms with Crippen LogP contribution in [0, 0.1) is 5.82 Å². The van der Waals surface area contributed by atoms with Gasteiger partial charge in [0.05, 0.1) is 6.10 Å². The first-order chi connectivity index (χ1) is 10.1. The van der Waals surface area contributed by atoms with Crippen molar-refractivity contribution in [1.29, 1.82) is 0 Å². The third-order valence-corrected chi connectivity index (χ3v) is 3.13. The van der Waals surface area contributed by atoms with E-state index >= 15 is 0 Å². The number of nitrogens with one attached hydrogen (secondary N) is 1. The fourth-order valence-electron chi connectivity index (χ4n) is 1.74. The van der Waals surface area contributed by atoms with E-state index in [9.17, 15) is 9.18 Å². The van der Waals surface area contributed by atoms with Crippen LogP contribution in [0.2, 0.25) is 0 Å². The Morgan fingerprint density at radius 3 is 2.33 bits per heavy atom. The van der Waals surface area contributed by atoms with E-state index in [1.807, 2.05) is 6.92 Å². The van der Waals surface area contributed by atoms with Crippen LogP contribution in [-0.4, -0.2) is 12.0 Å². The number of benzene rings is 2. The Labute approximate surface area is 123 Å². The van der Waals surface area contributed by atoms with E-state index in [0.29, 0.717) is 11.3 Å². The molecule has 4 heteroatoms. The third kappa shape index (κ3) is 4.31. The molecule has 0 heterocycles. The van der Waals surface area contributed by atoms with Crippen molar-refractivity contribution >= 4 is 11.6 Å². The molecule has 2 aromatic carbocycles. The minimum Gasteiger partial charge on any atom is -0.491 e. The Kier molecular flexibility index (Phi) is 4.93. The first-order valence-electron chi connectivity index (χ1n) is 6.92. The summed E-state index contributed by atoms with van der Waals surface area (Å²) in [6.07, 6.45) is 1.07. The minimum atomic E-state index is -0.334. The lowest BCUT2D eigenvalue weighted by atomic mass is 10.2. The monoisotopic (exact) mass is 287 g/mol. The quantitative estimate of drug-likeness (QED) is 0.892. The molecule has 0 saturated carbocycles. The lowest BCUT2D eigenvalue weighted by molar-refractivity contribution is 0.102. The molecule has 0 aromatic heterocycles. The zero-order chi connectivity index (χ0) is 15.2. The predicted octanol–water partition coefficient (Wildman–Crippen LogP) is 4.26. The van der Waals surface area contributed by atoms with Gasteiger partial charge in [0.2, 0.25) is 0 Å². The molecule has 0 aliphatic rings. The average Bonchev–Trinajstić information content (AvgIpc) is 2.50. The molecule has 1 unspecified atom stereocenters. The zero-order valence-corrected chi connectivity index (χ0v) is 12.1. The molecule has 0 bridgehead atoms. The van der Waals surface area contributed by atoms with Gasteiger partial charge >= 0.3 is 0 Å². The molecule has 21 heavy (non-hydrogen) atoms. The first kappa shape index (κ1) is 15.0. The Balaban J connectivity index is 2.01. The highest BCUT2D eigenvalue weighted by Gasteiger charge is 2.07. The normalized spacial score (nSPS) is 11.8. The lowest BCUT2D eigenvalue weighted by Gasteiger charge is -2.12. The molecule has 0 aliphatic heterocycles. The van der Waals surface area contributed by atoms with Gasteiger partial charge in [-0.2, -0.15) is 0 Å². The number of amides is 1. The second-order valence-corrected chi connectivity index (χ2v) is 4.82. The second-order valence-electron chi connectivity index (χ2n) is 4.82. The number of hydrogen-bond acceptors (Lipinski definition) is 2. The number of rotatable bonds is 5. The van der Waals surface area contributed by atoms with Gasteiger partial charge in [0, 0.05) is 11.3 Å². The summed E-state index contributed by atoms with van der Waals surface area (Å²) in [7, 11) is 0. The number of halogens is 1. The molecule has 0 spiro atoms. The van der Waals surface area contributed by atoms with Gasteiger partial charge in [0.1, 0.15) is 11.6 Å². The van der Waals surface area contributed by atoms with Gasteiger partial charge in [0.15, 0.2) is 0 Å². The van der Waals surface area contributed by atoms with Crippen molar-refractivity contribution in [1.82, 2.24) is 0 Å². The zero-order valence-electron chi connectivity index (χ0n) is 12.1. The van der Waals surface area contributed by atoms with Crippen molar-refractivity contribution < 1.29 is 13.9 Å². The van der Waals surface area contributed by atoms with E-state index in [4.69, 9.17) is 4.74 Å². The standard InChI is InChI=1S/C17H18FNO2/c1-3-12(2)21-16-10-4-13(5-11-16)17(20)19-15-8-6-14(18)7-9-15/h4-12H,3H2,1-2H3,(H,19,20). The van der Waals surface area contributed by atoms with E-state index in [2.05, 4.69) is 12.2 Å². The Hall–Kier alpha value is -2.36. The highest BCUT2D eigenvalue weighted by molar-refractivity contribution is 6.04. The molecule has 0 saturated heterocycles. The third-order valence-electron chi connectivity index (χ3n) is 3.13. The van der Waals surface area contributed by atoms with Crippen molar-refractivity contribution in [3.63, 3.8) is 0 Å². The highest BCUT2D eigenvalue weighted by atomic mass is 19.1. The van der Waals surface area contributed by atoms with Crippen LogP contribution < -0.4 is 10.1 Å². The number of ether oxygens (including phenoxy) is 1. The van der Waals surface area contributed by atoms with E-state index in [1.165, 1.54) is 24.3 Å². The molecule has 1 atom stereocenters. The smallest absolute Gasteiger partial charge is 0.255 e. The Bertz CT molecular complexity index is 593. The number of carbonyl (C=O) groups is 1. The van der Waals surface area contributed by atoms with Gasteiger partial charge in [-0.15, -0.1) is 0 Å². The summed E-state index contributed by atoms with van der Waals surface area (Å²) in [6.45, 7) is 4.05. The first-order valence-corrected chi connectivity index (χ1v) is 6.92. The average molecular weight is 287 g/mol. The van der Waals surface area contributed by atoms with E-state index < -0.39 is 0 Å². The molecule has 3 nitrogen and oxygen atoms in total. The number of hydrogen-bond donors (Lipinski definition) is 1. The maximum absolute atomic E-state index is 12.8. The van der Waals surface area contributed by atoms with Crippen molar-refractivity contribution in [2.24, 2.45) is 0 Å². The summed E-state index contributed by atoms with van der Waals surface area (Å²) < 4.78 is 18.5. The summed E-state index contributed by atoms with van der Waals surface area (Å²) in [5.41, 5.74) is 1.08. The maximum Gasteiger partial charge on any atom is 0.255 e. The fourth-order valence-corrected chi connectivity index (χ4v) is 1.74. The van der Waals surface area contributed by atoms with Crippen LogP contribution in [-0.2, 0) is 0 Å². The topological polar surface area (TPSA) is 38.3 Å². The van der Waals surface area contributed by atoms with Crippen molar-refractivity contribution in [2.75, 3.05) is 5.32 Å². The van der Waals surface area contributed by atoms with E-state index in [-0.39, 0.29) is 17.8 Å². The Morgan fingerprint density at radius 2 is 1.76 bits per heavy atom. The molecule has 2 rings (SSSR count). The van der Waals surface area contributed by atoms with Gasteiger partial charge < -0.3 is 10.1 Å². The largest absolute Gasteiger partial charge is 0.491 e. The summed E-state index contributed by atoms with van der Waals surface area (Å²) in [6, 6.07) is 12.6.